The van der Waals surface area contributed by atoms with E-state index >= 15 is 0 Å². The minimum atomic E-state index is -4.52. The van der Waals surface area contributed by atoms with E-state index < -0.39 is 22.9 Å². The number of carbonyl (C=O) groups excluding carboxylic acids is 1. The molecule has 174 valence electrons. The average molecular weight is 485 g/mol. The van der Waals surface area contributed by atoms with Gasteiger partial charge in [-0.25, -0.2) is 14.5 Å². The van der Waals surface area contributed by atoms with E-state index in [1.54, 1.807) is 43.5 Å². The predicted octanol–water partition coefficient (Wildman–Crippen LogP) is 5.23. The van der Waals surface area contributed by atoms with Crippen molar-refractivity contribution in [3.8, 4) is 5.82 Å². The number of para-hydroxylation sites is 1. The molecule has 1 N–H and O–H groups in total. The number of carbonyl (C=O) groups is 1. The zero-order chi connectivity index (χ0) is 24.5. The lowest BCUT2D eigenvalue weighted by molar-refractivity contribution is -0.137. The highest BCUT2D eigenvalue weighted by Gasteiger charge is 2.30. The first-order chi connectivity index (χ1) is 16.1. The zero-order valence-corrected chi connectivity index (χ0v) is 18.9. The van der Waals surface area contributed by atoms with E-state index in [0.717, 1.165) is 29.5 Å². The van der Waals surface area contributed by atoms with Crippen molar-refractivity contribution in [2.75, 3.05) is 5.32 Å². The van der Waals surface area contributed by atoms with Crippen molar-refractivity contribution in [1.29, 1.82) is 0 Å². The average Bonchev–Trinajstić information content (AvgIpc) is 2.80. The summed E-state index contributed by atoms with van der Waals surface area (Å²) in [7, 11) is 0. The molecule has 4 rings (SSSR count). The lowest BCUT2D eigenvalue weighted by atomic mass is 10.2. The number of thioether (sulfide) groups is 1. The fourth-order valence-electron chi connectivity index (χ4n) is 3.32. The topological polar surface area (TPSA) is 76.9 Å². The van der Waals surface area contributed by atoms with Crippen LogP contribution in [-0.2, 0) is 11.0 Å². The van der Waals surface area contributed by atoms with Crippen molar-refractivity contribution in [3.05, 3.63) is 88.3 Å². The maximum atomic E-state index is 13.3. The summed E-state index contributed by atoms with van der Waals surface area (Å²) in [6.07, 6.45) is -2.96. The summed E-state index contributed by atoms with van der Waals surface area (Å²) < 4.78 is 40.3. The van der Waals surface area contributed by atoms with Crippen LogP contribution in [0.5, 0.6) is 0 Å². The molecule has 2 heterocycles. The number of pyridine rings is 1. The third-order valence-electron chi connectivity index (χ3n) is 5.05. The molecule has 1 unspecified atom stereocenters. The SMILES string of the molecule is Cc1cccnc1-n1c(SC(C)C(=O)Nc2cccc(C(F)(F)F)c2)nc2ccccc2c1=O. The van der Waals surface area contributed by atoms with Gasteiger partial charge < -0.3 is 5.32 Å². The van der Waals surface area contributed by atoms with Crippen molar-refractivity contribution in [2.24, 2.45) is 0 Å². The van der Waals surface area contributed by atoms with Crippen LogP contribution >= 0.6 is 11.8 Å². The Hall–Kier alpha value is -3.66. The van der Waals surface area contributed by atoms with Gasteiger partial charge in [-0.1, -0.05) is 36.0 Å². The summed E-state index contributed by atoms with van der Waals surface area (Å²) in [5.41, 5.74) is 0.0354. The van der Waals surface area contributed by atoms with Crippen LogP contribution in [-0.4, -0.2) is 25.7 Å². The number of alkyl halides is 3. The molecule has 6 nitrogen and oxygen atoms in total. The quantitative estimate of drug-likeness (QED) is 0.310. The Morgan fingerprint density at radius 2 is 1.85 bits per heavy atom. The molecule has 0 bridgehead atoms. The molecule has 0 aliphatic heterocycles. The number of hydrogen-bond donors (Lipinski definition) is 1. The van der Waals surface area contributed by atoms with Gasteiger partial charge in [0.05, 0.1) is 21.7 Å². The van der Waals surface area contributed by atoms with Crippen LogP contribution in [0.2, 0.25) is 0 Å². The molecule has 1 amide bonds. The molecule has 0 saturated carbocycles. The van der Waals surface area contributed by atoms with Gasteiger partial charge in [0.1, 0.15) is 5.82 Å². The minimum absolute atomic E-state index is 0.0247. The fourth-order valence-corrected chi connectivity index (χ4v) is 4.23. The largest absolute Gasteiger partial charge is 0.416 e. The molecular formula is C24H19F3N4O2S. The normalized spacial score (nSPS) is 12.5. The van der Waals surface area contributed by atoms with Crippen molar-refractivity contribution < 1.29 is 18.0 Å². The number of amides is 1. The second kappa shape index (κ2) is 9.30. The van der Waals surface area contributed by atoms with Crippen LogP contribution in [0.15, 0.2) is 76.8 Å². The molecule has 10 heteroatoms. The van der Waals surface area contributed by atoms with Crippen molar-refractivity contribution in [1.82, 2.24) is 14.5 Å². The summed E-state index contributed by atoms with van der Waals surface area (Å²) in [4.78, 5) is 35.1. The third-order valence-corrected chi connectivity index (χ3v) is 6.10. The molecule has 0 fully saturated rings. The summed E-state index contributed by atoms with van der Waals surface area (Å²) >= 11 is 1.02. The standard InChI is InChI=1S/C24H19F3N4O2S/c1-14-7-6-12-28-20(14)31-22(33)18-10-3-4-11-19(18)30-23(31)34-15(2)21(32)29-17-9-5-8-16(13-17)24(25,26)27/h3-13,15H,1-2H3,(H,29,32). The van der Waals surface area contributed by atoms with Crippen LogP contribution in [0.1, 0.15) is 18.1 Å². The third kappa shape index (κ3) is 4.81. The monoisotopic (exact) mass is 484 g/mol. The molecular weight excluding hydrogens is 465 g/mol. The van der Waals surface area contributed by atoms with Crippen LogP contribution in [0, 0.1) is 6.92 Å². The van der Waals surface area contributed by atoms with Gasteiger partial charge in [-0.05, 0) is 55.8 Å². The second-order valence-electron chi connectivity index (χ2n) is 7.52. The van der Waals surface area contributed by atoms with E-state index in [0.29, 0.717) is 16.7 Å². The lowest BCUT2D eigenvalue weighted by Crippen LogP contribution is -2.27. The highest BCUT2D eigenvalue weighted by Crippen LogP contribution is 2.31. The van der Waals surface area contributed by atoms with Gasteiger partial charge in [0, 0.05) is 11.9 Å². The Balaban J connectivity index is 1.69. The number of fused-ring (bicyclic) bond motifs is 1. The Morgan fingerprint density at radius 3 is 2.59 bits per heavy atom. The summed E-state index contributed by atoms with van der Waals surface area (Å²) in [6, 6.07) is 14.8. The van der Waals surface area contributed by atoms with Gasteiger partial charge in [-0.15, -0.1) is 0 Å². The molecule has 4 aromatic rings. The molecule has 34 heavy (non-hydrogen) atoms. The minimum Gasteiger partial charge on any atom is -0.325 e. The maximum Gasteiger partial charge on any atom is 0.416 e. The van der Waals surface area contributed by atoms with Crippen LogP contribution in [0.3, 0.4) is 0 Å². The first-order valence-corrected chi connectivity index (χ1v) is 11.1. The molecule has 0 aliphatic carbocycles. The number of hydrogen-bond acceptors (Lipinski definition) is 5. The number of benzene rings is 2. The van der Waals surface area contributed by atoms with Gasteiger partial charge in [-0.2, -0.15) is 13.2 Å². The van der Waals surface area contributed by atoms with Crippen molar-refractivity contribution in [3.63, 3.8) is 0 Å². The van der Waals surface area contributed by atoms with Gasteiger partial charge in [0.15, 0.2) is 5.16 Å². The Labute approximate surface area is 196 Å². The molecule has 2 aromatic heterocycles. The number of anilines is 1. The van der Waals surface area contributed by atoms with Crippen molar-refractivity contribution >= 4 is 34.3 Å². The molecule has 2 aromatic carbocycles. The van der Waals surface area contributed by atoms with Crippen molar-refractivity contribution in [2.45, 2.75) is 30.4 Å². The maximum absolute atomic E-state index is 13.3. The van der Waals surface area contributed by atoms with E-state index in [1.165, 1.54) is 16.7 Å². The summed E-state index contributed by atoms with van der Waals surface area (Å²) in [5, 5.41) is 2.37. The van der Waals surface area contributed by atoms with Gasteiger partial charge in [0.25, 0.3) is 5.56 Å². The number of halogens is 3. The molecule has 0 saturated heterocycles. The van der Waals surface area contributed by atoms with E-state index in [9.17, 15) is 22.8 Å². The first-order valence-electron chi connectivity index (χ1n) is 10.2. The van der Waals surface area contributed by atoms with Gasteiger partial charge >= 0.3 is 6.18 Å². The Morgan fingerprint density at radius 1 is 1.09 bits per heavy atom. The predicted molar refractivity (Wildman–Crippen MR) is 125 cm³/mol. The zero-order valence-electron chi connectivity index (χ0n) is 18.1. The van der Waals surface area contributed by atoms with E-state index in [-0.39, 0.29) is 16.4 Å². The van der Waals surface area contributed by atoms with Crippen LogP contribution in [0.4, 0.5) is 18.9 Å². The Kier molecular flexibility index (Phi) is 6.43. The number of nitrogens with one attached hydrogen (secondary N) is 1. The number of aryl methyl sites for hydroxylation is 1. The number of rotatable bonds is 5. The summed E-state index contributed by atoms with van der Waals surface area (Å²) in [6.45, 7) is 3.40. The highest BCUT2D eigenvalue weighted by molar-refractivity contribution is 8.00. The van der Waals surface area contributed by atoms with Crippen LogP contribution in [0.25, 0.3) is 16.7 Å². The van der Waals surface area contributed by atoms with Gasteiger partial charge in [0.2, 0.25) is 5.91 Å². The molecule has 0 radical (unpaired) electrons. The van der Waals surface area contributed by atoms with E-state index in [1.807, 2.05) is 13.0 Å². The van der Waals surface area contributed by atoms with Gasteiger partial charge in [-0.3, -0.25) is 9.59 Å². The second-order valence-corrected chi connectivity index (χ2v) is 8.83. The Bertz CT molecular complexity index is 1440. The van der Waals surface area contributed by atoms with E-state index in [2.05, 4.69) is 15.3 Å². The molecule has 0 spiro atoms. The first kappa shape index (κ1) is 23.5. The van der Waals surface area contributed by atoms with E-state index in [4.69, 9.17) is 0 Å². The highest BCUT2D eigenvalue weighted by atomic mass is 32.2. The smallest absolute Gasteiger partial charge is 0.325 e. The summed E-state index contributed by atoms with van der Waals surface area (Å²) in [5.74, 6) is -0.144. The number of nitrogens with zero attached hydrogens (tertiary/aromatic N) is 3. The molecule has 1 atom stereocenters. The fraction of sp³-hybridized carbons (Fsp3) is 0.167. The number of aromatic nitrogens is 3. The lowest BCUT2D eigenvalue weighted by Gasteiger charge is -2.17. The van der Waals surface area contributed by atoms with Crippen LogP contribution < -0.4 is 10.9 Å². The molecule has 0 aliphatic rings.